The predicted molar refractivity (Wildman–Crippen MR) is 116 cm³/mol. The Kier molecular flexibility index (Phi) is 5.46. The molecule has 1 aliphatic rings. The molecule has 0 radical (unpaired) electrons. The molecule has 1 saturated heterocycles. The summed E-state index contributed by atoms with van der Waals surface area (Å²) in [5.41, 5.74) is 1.05. The third kappa shape index (κ3) is 4.59. The number of nitrogens with zero attached hydrogens (tertiary/aromatic N) is 2. The summed E-state index contributed by atoms with van der Waals surface area (Å²) in [6.07, 6.45) is 1.16. The molecule has 31 heavy (non-hydrogen) atoms. The molecule has 0 bridgehead atoms. The first-order valence-corrected chi connectivity index (χ1v) is 9.88. The molecule has 2 aromatic carbocycles. The summed E-state index contributed by atoms with van der Waals surface area (Å²) >= 11 is 0.720. The van der Waals surface area contributed by atoms with Gasteiger partial charge in [0.05, 0.1) is 21.8 Å². The topological polar surface area (TPSA) is 131 Å². The highest BCUT2D eigenvalue weighted by atomic mass is 32.2. The van der Waals surface area contributed by atoms with Gasteiger partial charge >= 0.3 is 0 Å². The van der Waals surface area contributed by atoms with Crippen LogP contribution in [0.25, 0.3) is 17.0 Å². The van der Waals surface area contributed by atoms with Crippen LogP contribution in [-0.2, 0) is 16.0 Å². The van der Waals surface area contributed by atoms with Crippen molar-refractivity contribution in [2.24, 2.45) is 0 Å². The lowest BCUT2D eigenvalue weighted by Gasteiger charge is -2.07. The third-order valence-corrected chi connectivity index (χ3v) is 5.27. The Morgan fingerprint density at radius 1 is 1.16 bits per heavy atom. The number of nitrogens with one attached hydrogen (secondary N) is 2. The lowest BCUT2D eigenvalue weighted by Crippen LogP contribution is -2.17. The van der Waals surface area contributed by atoms with Gasteiger partial charge in [-0.1, -0.05) is 30.3 Å². The lowest BCUT2D eigenvalue weighted by molar-refractivity contribution is -0.385. The van der Waals surface area contributed by atoms with Crippen LogP contribution in [-0.4, -0.2) is 27.0 Å². The van der Waals surface area contributed by atoms with Crippen LogP contribution in [0.3, 0.4) is 0 Å². The van der Waals surface area contributed by atoms with Gasteiger partial charge in [-0.15, -0.1) is 0 Å². The van der Waals surface area contributed by atoms with Crippen LogP contribution in [0.5, 0.6) is 0 Å². The molecule has 3 amide bonds. The molecule has 9 nitrogen and oxygen atoms in total. The van der Waals surface area contributed by atoms with Gasteiger partial charge in [0.15, 0.2) is 0 Å². The Morgan fingerprint density at radius 2 is 1.97 bits per heavy atom. The van der Waals surface area contributed by atoms with Gasteiger partial charge in [-0.25, -0.2) is 4.98 Å². The zero-order chi connectivity index (χ0) is 22.0. The van der Waals surface area contributed by atoms with Gasteiger partial charge in [-0.05, 0) is 41.6 Å². The van der Waals surface area contributed by atoms with Gasteiger partial charge in [-0.2, -0.15) is 0 Å². The SMILES string of the molecule is O=C(Cc1ccc(/C=C2\SC(=O)NC2=O)cc1[N+](=O)[O-])Nc1ccc2ccccc2n1. The molecule has 1 aliphatic heterocycles. The molecule has 154 valence electrons. The van der Waals surface area contributed by atoms with E-state index in [4.69, 9.17) is 0 Å². The van der Waals surface area contributed by atoms with E-state index in [0.29, 0.717) is 11.4 Å². The third-order valence-electron chi connectivity index (χ3n) is 4.46. The summed E-state index contributed by atoms with van der Waals surface area (Å²) in [5, 5.41) is 16.7. The second kappa shape index (κ2) is 8.36. The monoisotopic (exact) mass is 434 g/mol. The van der Waals surface area contributed by atoms with E-state index < -0.39 is 22.0 Å². The molecular weight excluding hydrogens is 420 g/mol. The van der Waals surface area contributed by atoms with Gasteiger partial charge < -0.3 is 5.32 Å². The van der Waals surface area contributed by atoms with E-state index in [-0.39, 0.29) is 22.6 Å². The number of anilines is 1. The van der Waals surface area contributed by atoms with E-state index in [1.807, 2.05) is 30.3 Å². The summed E-state index contributed by atoms with van der Waals surface area (Å²) < 4.78 is 0. The maximum Gasteiger partial charge on any atom is 0.290 e. The summed E-state index contributed by atoms with van der Waals surface area (Å²) in [6, 6.07) is 15.2. The number of fused-ring (bicyclic) bond motifs is 1. The summed E-state index contributed by atoms with van der Waals surface area (Å²) in [4.78, 5) is 50.8. The van der Waals surface area contributed by atoms with Gasteiger partial charge in [0.2, 0.25) is 5.91 Å². The van der Waals surface area contributed by atoms with Crippen molar-refractivity contribution < 1.29 is 19.3 Å². The number of para-hydroxylation sites is 1. The highest BCUT2D eigenvalue weighted by molar-refractivity contribution is 8.18. The zero-order valence-corrected chi connectivity index (χ0v) is 16.6. The predicted octanol–water partition coefficient (Wildman–Crippen LogP) is 3.65. The fourth-order valence-electron chi connectivity index (χ4n) is 3.06. The van der Waals surface area contributed by atoms with Gasteiger partial charge in [0.25, 0.3) is 16.8 Å². The maximum atomic E-state index is 12.5. The first kappa shape index (κ1) is 20.2. The minimum absolute atomic E-state index is 0.146. The highest BCUT2D eigenvalue weighted by Crippen LogP contribution is 2.28. The molecule has 10 heteroatoms. The number of pyridine rings is 1. The van der Waals surface area contributed by atoms with E-state index in [1.54, 1.807) is 12.1 Å². The smallest absolute Gasteiger partial charge is 0.290 e. The molecule has 0 spiro atoms. The average Bonchev–Trinajstić information content (AvgIpc) is 3.05. The summed E-state index contributed by atoms with van der Waals surface area (Å²) in [5.74, 6) is -0.654. The van der Waals surface area contributed by atoms with E-state index >= 15 is 0 Å². The van der Waals surface area contributed by atoms with Crippen molar-refractivity contribution >= 4 is 57.3 Å². The van der Waals surface area contributed by atoms with Crippen LogP contribution in [0.15, 0.2) is 59.5 Å². The molecule has 1 aromatic heterocycles. The van der Waals surface area contributed by atoms with Crippen LogP contribution in [0.1, 0.15) is 11.1 Å². The van der Waals surface area contributed by atoms with Crippen molar-refractivity contribution in [3.63, 3.8) is 0 Å². The van der Waals surface area contributed by atoms with Crippen LogP contribution in [0, 0.1) is 10.1 Å². The molecule has 0 unspecified atom stereocenters. The Balaban J connectivity index is 1.53. The first-order valence-electron chi connectivity index (χ1n) is 9.07. The van der Waals surface area contributed by atoms with Crippen molar-refractivity contribution in [1.29, 1.82) is 0 Å². The molecule has 0 aliphatic carbocycles. The number of hydrogen-bond donors (Lipinski definition) is 2. The number of nitro benzene ring substituents is 1. The van der Waals surface area contributed by atoms with E-state index in [2.05, 4.69) is 15.6 Å². The molecule has 0 atom stereocenters. The lowest BCUT2D eigenvalue weighted by atomic mass is 10.1. The molecule has 3 aromatic rings. The number of thioether (sulfide) groups is 1. The minimum Gasteiger partial charge on any atom is -0.310 e. The van der Waals surface area contributed by atoms with Crippen molar-refractivity contribution in [3.05, 3.63) is 80.7 Å². The van der Waals surface area contributed by atoms with Gasteiger partial charge in [0, 0.05) is 17.0 Å². The van der Waals surface area contributed by atoms with Crippen molar-refractivity contribution in [2.75, 3.05) is 5.32 Å². The number of amides is 3. The Morgan fingerprint density at radius 3 is 2.71 bits per heavy atom. The van der Waals surface area contributed by atoms with Crippen LogP contribution in [0.2, 0.25) is 0 Å². The number of benzene rings is 2. The standard InChI is InChI=1S/C21H14N4O5S/c26-19(23-18-8-7-13-3-1-2-4-15(13)22-18)11-14-6-5-12(9-16(14)25(29)30)10-17-20(27)24-21(28)31-17/h1-10H,11H2,(H,22,23,26)(H,24,27,28)/b17-10-. The van der Waals surface area contributed by atoms with E-state index in [1.165, 1.54) is 18.2 Å². The van der Waals surface area contributed by atoms with Crippen molar-refractivity contribution in [2.45, 2.75) is 6.42 Å². The van der Waals surface area contributed by atoms with E-state index in [0.717, 1.165) is 22.7 Å². The molecular formula is C21H14N4O5S. The minimum atomic E-state index is -0.591. The van der Waals surface area contributed by atoms with Crippen molar-refractivity contribution in [3.8, 4) is 0 Å². The van der Waals surface area contributed by atoms with Crippen LogP contribution >= 0.6 is 11.8 Å². The highest BCUT2D eigenvalue weighted by Gasteiger charge is 2.25. The molecule has 2 N–H and O–H groups in total. The number of carbonyl (C=O) groups excluding carboxylic acids is 3. The number of aromatic nitrogens is 1. The molecule has 4 rings (SSSR count). The maximum absolute atomic E-state index is 12.5. The summed E-state index contributed by atoms with van der Waals surface area (Å²) in [7, 11) is 0. The largest absolute Gasteiger partial charge is 0.310 e. The average molecular weight is 434 g/mol. The first-order chi connectivity index (χ1) is 14.9. The number of rotatable bonds is 5. The Labute approximate surface area is 179 Å². The quantitative estimate of drug-likeness (QED) is 0.356. The normalized spacial score (nSPS) is 14.6. The number of imide groups is 1. The Hall–Kier alpha value is -4.05. The van der Waals surface area contributed by atoms with Gasteiger partial charge in [0.1, 0.15) is 5.82 Å². The zero-order valence-electron chi connectivity index (χ0n) is 15.8. The van der Waals surface area contributed by atoms with Crippen molar-refractivity contribution in [1.82, 2.24) is 10.3 Å². The molecule has 1 fully saturated rings. The number of hydrogen-bond acceptors (Lipinski definition) is 7. The number of nitro groups is 1. The van der Waals surface area contributed by atoms with Crippen LogP contribution < -0.4 is 10.6 Å². The fraction of sp³-hybridized carbons (Fsp3) is 0.0476. The van der Waals surface area contributed by atoms with Gasteiger partial charge in [-0.3, -0.25) is 29.8 Å². The van der Waals surface area contributed by atoms with Crippen LogP contribution in [0.4, 0.5) is 16.3 Å². The molecule has 2 heterocycles. The second-order valence-electron chi connectivity index (χ2n) is 6.61. The Bertz CT molecular complexity index is 1290. The number of carbonyl (C=O) groups is 3. The summed E-state index contributed by atoms with van der Waals surface area (Å²) in [6.45, 7) is 0. The second-order valence-corrected chi connectivity index (χ2v) is 7.63. The van der Waals surface area contributed by atoms with E-state index in [9.17, 15) is 24.5 Å². The fourth-order valence-corrected chi connectivity index (χ4v) is 3.74. The molecule has 0 saturated carbocycles.